The molecule has 2 heterocycles. The second-order valence-electron chi connectivity index (χ2n) is 15.2. The van der Waals surface area contributed by atoms with Gasteiger partial charge in [-0.25, -0.2) is 15.0 Å². The molecular weight excluding hydrogens is 683 g/mol. The zero-order valence-corrected chi connectivity index (χ0v) is 31.0. The number of fused-ring (bicyclic) bond motifs is 8. The fourth-order valence-electron chi connectivity index (χ4n) is 8.68. The molecule has 0 aliphatic heterocycles. The van der Waals surface area contributed by atoms with Gasteiger partial charge in [0.2, 0.25) is 0 Å². The molecule has 11 rings (SSSR count). The van der Waals surface area contributed by atoms with E-state index < -0.39 is 0 Å². The maximum atomic E-state index is 6.63. The summed E-state index contributed by atoms with van der Waals surface area (Å²) in [5.74, 6) is 1.85. The van der Waals surface area contributed by atoms with E-state index in [1.807, 2.05) is 12.1 Å². The smallest absolute Gasteiger partial charge is 0.164 e. The van der Waals surface area contributed by atoms with E-state index in [1.165, 1.54) is 33.4 Å². The normalized spacial score (nSPS) is 13.0. The van der Waals surface area contributed by atoms with Crippen LogP contribution in [0, 0.1) is 0 Å². The lowest BCUT2D eigenvalue weighted by molar-refractivity contribution is 0.660. The minimum atomic E-state index is -0.156. The minimum absolute atomic E-state index is 0.156. The van der Waals surface area contributed by atoms with E-state index >= 15 is 0 Å². The van der Waals surface area contributed by atoms with Gasteiger partial charge in [0.05, 0.1) is 0 Å². The van der Waals surface area contributed by atoms with E-state index in [-0.39, 0.29) is 5.41 Å². The van der Waals surface area contributed by atoms with Crippen LogP contribution in [0.4, 0.5) is 0 Å². The number of rotatable bonds is 5. The number of hydrogen-bond acceptors (Lipinski definition) is 4. The Hall–Kier alpha value is -7.17. The number of furan rings is 1. The molecule has 0 atom stereocenters. The van der Waals surface area contributed by atoms with Crippen molar-refractivity contribution in [2.45, 2.75) is 19.3 Å². The van der Waals surface area contributed by atoms with Crippen molar-refractivity contribution in [2.24, 2.45) is 0 Å². The summed E-state index contributed by atoms with van der Waals surface area (Å²) in [5, 5.41) is 4.32. The highest BCUT2D eigenvalue weighted by molar-refractivity contribution is 6.22. The van der Waals surface area contributed by atoms with Crippen LogP contribution >= 0.6 is 0 Å². The first-order chi connectivity index (χ1) is 27.5. The molecule has 1 aliphatic carbocycles. The van der Waals surface area contributed by atoms with E-state index in [4.69, 9.17) is 19.4 Å². The second-order valence-corrected chi connectivity index (χ2v) is 15.2. The second kappa shape index (κ2) is 12.4. The molecule has 8 aromatic carbocycles. The van der Waals surface area contributed by atoms with E-state index in [1.54, 1.807) is 0 Å². The van der Waals surface area contributed by atoms with E-state index in [2.05, 4.69) is 178 Å². The van der Waals surface area contributed by atoms with Gasteiger partial charge in [-0.3, -0.25) is 0 Å². The Balaban J connectivity index is 1.12. The van der Waals surface area contributed by atoms with Gasteiger partial charge in [0.25, 0.3) is 0 Å². The number of benzene rings is 8. The van der Waals surface area contributed by atoms with Gasteiger partial charge < -0.3 is 4.42 Å². The molecule has 4 heteroatoms. The molecule has 2 aromatic heterocycles. The summed E-state index contributed by atoms with van der Waals surface area (Å²) in [6, 6.07) is 61.9. The molecule has 0 fully saturated rings. The first kappa shape index (κ1) is 32.3. The minimum Gasteiger partial charge on any atom is -0.456 e. The number of aromatic nitrogens is 3. The van der Waals surface area contributed by atoms with Crippen molar-refractivity contribution in [1.82, 2.24) is 15.0 Å². The molecule has 0 amide bonds. The molecule has 264 valence electrons. The maximum Gasteiger partial charge on any atom is 0.164 e. The van der Waals surface area contributed by atoms with Gasteiger partial charge in [-0.1, -0.05) is 166 Å². The van der Waals surface area contributed by atoms with Crippen LogP contribution in [0.1, 0.15) is 25.0 Å². The summed E-state index contributed by atoms with van der Waals surface area (Å²) in [6.07, 6.45) is 0. The average Bonchev–Trinajstić information content (AvgIpc) is 3.75. The van der Waals surface area contributed by atoms with Crippen molar-refractivity contribution in [2.75, 3.05) is 0 Å². The molecule has 0 N–H and O–H groups in total. The topological polar surface area (TPSA) is 51.8 Å². The average molecular weight is 718 g/mol. The molecule has 1 aliphatic rings. The molecule has 0 unspecified atom stereocenters. The van der Waals surface area contributed by atoms with Gasteiger partial charge in [0, 0.05) is 32.9 Å². The monoisotopic (exact) mass is 717 g/mol. The van der Waals surface area contributed by atoms with Crippen molar-refractivity contribution in [3.63, 3.8) is 0 Å². The third kappa shape index (κ3) is 5.10. The van der Waals surface area contributed by atoms with Crippen LogP contribution in [-0.4, -0.2) is 15.0 Å². The largest absolute Gasteiger partial charge is 0.456 e. The van der Waals surface area contributed by atoms with Gasteiger partial charge in [-0.2, -0.15) is 0 Å². The Labute approximate surface area is 324 Å². The predicted molar refractivity (Wildman–Crippen MR) is 229 cm³/mol. The van der Waals surface area contributed by atoms with Crippen molar-refractivity contribution in [3.8, 4) is 67.5 Å². The maximum absolute atomic E-state index is 6.63. The van der Waals surface area contributed by atoms with Gasteiger partial charge in [0.1, 0.15) is 11.2 Å². The predicted octanol–water partition coefficient (Wildman–Crippen LogP) is 13.6. The summed E-state index contributed by atoms with van der Waals surface area (Å²) in [6.45, 7) is 4.61. The van der Waals surface area contributed by atoms with Gasteiger partial charge in [0.15, 0.2) is 17.5 Å². The fraction of sp³-hybridized carbons (Fsp3) is 0.0577. The molecule has 56 heavy (non-hydrogen) atoms. The molecule has 10 aromatic rings. The molecule has 0 bridgehead atoms. The Bertz CT molecular complexity index is 3140. The van der Waals surface area contributed by atoms with Crippen LogP contribution in [-0.2, 0) is 5.41 Å². The number of nitrogens with zero attached hydrogens (tertiary/aromatic N) is 3. The molecule has 0 saturated heterocycles. The summed E-state index contributed by atoms with van der Waals surface area (Å²) >= 11 is 0. The van der Waals surface area contributed by atoms with Gasteiger partial charge in [-0.15, -0.1) is 0 Å². The lowest BCUT2D eigenvalue weighted by Crippen LogP contribution is -2.15. The highest BCUT2D eigenvalue weighted by Gasteiger charge is 2.35. The van der Waals surface area contributed by atoms with Gasteiger partial charge >= 0.3 is 0 Å². The summed E-state index contributed by atoms with van der Waals surface area (Å²) in [4.78, 5) is 15.7. The van der Waals surface area contributed by atoms with Crippen LogP contribution in [0.25, 0.3) is 100 Å². The Morgan fingerprint density at radius 2 is 0.911 bits per heavy atom. The van der Waals surface area contributed by atoms with E-state index in [0.29, 0.717) is 17.5 Å². The lowest BCUT2D eigenvalue weighted by atomic mass is 9.82. The van der Waals surface area contributed by atoms with Gasteiger partial charge in [-0.05, 0) is 79.5 Å². The molecule has 0 saturated carbocycles. The molecule has 4 nitrogen and oxygen atoms in total. The third-order valence-electron chi connectivity index (χ3n) is 11.6. The van der Waals surface area contributed by atoms with Crippen molar-refractivity contribution in [1.29, 1.82) is 0 Å². The van der Waals surface area contributed by atoms with Crippen LogP contribution in [0.15, 0.2) is 180 Å². The highest BCUT2D eigenvalue weighted by Crippen LogP contribution is 2.49. The molecule has 0 spiro atoms. The van der Waals surface area contributed by atoms with Crippen LogP contribution < -0.4 is 0 Å². The Kier molecular flexibility index (Phi) is 7.17. The van der Waals surface area contributed by atoms with Crippen LogP contribution in [0.3, 0.4) is 0 Å². The van der Waals surface area contributed by atoms with Crippen molar-refractivity contribution >= 4 is 32.7 Å². The van der Waals surface area contributed by atoms with Crippen LogP contribution in [0.5, 0.6) is 0 Å². The Morgan fingerprint density at radius 3 is 1.68 bits per heavy atom. The lowest BCUT2D eigenvalue weighted by Gasteiger charge is -2.21. The van der Waals surface area contributed by atoms with Crippen molar-refractivity contribution < 1.29 is 4.42 Å². The van der Waals surface area contributed by atoms with E-state index in [9.17, 15) is 0 Å². The SMILES string of the molecule is CC1(C)c2ccccc2-c2ccc(-c3nc(-c4ccc(-c5ccccc5)cc4)nc(-c4cc5oc6ccc(-c7ccccc7)cc6c5c5ccccc45)n3)cc21. The third-order valence-corrected chi connectivity index (χ3v) is 11.6. The fourth-order valence-corrected chi connectivity index (χ4v) is 8.68. The summed E-state index contributed by atoms with van der Waals surface area (Å²) in [7, 11) is 0. The number of hydrogen-bond donors (Lipinski definition) is 0. The van der Waals surface area contributed by atoms with Crippen LogP contribution in [0.2, 0.25) is 0 Å². The quantitative estimate of drug-likeness (QED) is 0.178. The zero-order chi connectivity index (χ0) is 37.4. The zero-order valence-electron chi connectivity index (χ0n) is 31.0. The summed E-state index contributed by atoms with van der Waals surface area (Å²) < 4.78 is 6.63. The highest BCUT2D eigenvalue weighted by atomic mass is 16.3. The molecular formula is C52H35N3O. The molecule has 0 radical (unpaired) electrons. The summed E-state index contributed by atoms with van der Waals surface area (Å²) in [5.41, 5.74) is 14.1. The standard InChI is InChI=1S/C52H35N3O/c1-52(2)44-20-12-11-18-39(44)40-27-25-37(30-45(40)52)50-53-49(35-23-21-34(22-24-35)32-13-5-3-6-14-32)54-51(55-50)42-31-47-48(41-19-10-9-17-38(41)42)43-29-36(26-28-46(43)56-47)33-15-7-4-8-16-33/h3-31H,1-2H3. The Morgan fingerprint density at radius 1 is 0.357 bits per heavy atom. The van der Waals surface area contributed by atoms with Crippen molar-refractivity contribution in [3.05, 3.63) is 187 Å². The first-order valence-electron chi connectivity index (χ1n) is 19.1. The first-order valence-corrected chi connectivity index (χ1v) is 19.1. The van der Waals surface area contributed by atoms with E-state index in [0.717, 1.165) is 60.5 Å².